The highest BCUT2D eigenvalue weighted by Crippen LogP contribution is 2.20. The van der Waals surface area contributed by atoms with E-state index >= 15 is 0 Å². The fraction of sp³-hybridized carbons (Fsp3) is 0.300. The van der Waals surface area contributed by atoms with E-state index in [-0.39, 0.29) is 11.7 Å². The van der Waals surface area contributed by atoms with Crippen LogP contribution in [0.15, 0.2) is 22.7 Å². The molecular formula is C10H12BrFO2. The molecule has 1 N–H and O–H groups in total. The van der Waals surface area contributed by atoms with E-state index in [0.717, 1.165) is 13.4 Å². The highest BCUT2D eigenvalue weighted by atomic mass is 79.9. The van der Waals surface area contributed by atoms with Gasteiger partial charge in [-0.2, -0.15) is 0 Å². The molecule has 0 radical (unpaired) electrons. The van der Waals surface area contributed by atoms with Crippen LogP contribution < -0.4 is 0 Å². The Balaban J connectivity index is 0.000000791. The third kappa shape index (κ3) is 3.55. The van der Waals surface area contributed by atoms with E-state index in [4.69, 9.17) is 5.11 Å². The van der Waals surface area contributed by atoms with Crippen molar-refractivity contribution in [3.63, 3.8) is 0 Å². The Morgan fingerprint density at radius 1 is 1.50 bits per heavy atom. The molecule has 2 nitrogen and oxygen atoms in total. The Bertz CT molecular complexity index is 302. The molecule has 0 aliphatic carbocycles. The lowest BCUT2D eigenvalue weighted by molar-refractivity contribution is -0.108. The van der Waals surface area contributed by atoms with Crippen molar-refractivity contribution in [3.8, 4) is 0 Å². The molecule has 1 aromatic rings. The zero-order valence-electron chi connectivity index (χ0n) is 8.00. The summed E-state index contributed by atoms with van der Waals surface area (Å²) in [5, 5.41) is 7.00. The number of aldehydes is 1. The first-order chi connectivity index (χ1) is 6.65. The Hall–Kier alpha value is -0.740. The van der Waals surface area contributed by atoms with E-state index in [1.165, 1.54) is 6.07 Å². The third-order valence-corrected chi connectivity index (χ3v) is 2.32. The van der Waals surface area contributed by atoms with Crippen molar-refractivity contribution in [2.24, 2.45) is 0 Å². The number of carbonyl (C=O) groups excluding carboxylic acids is 1. The monoisotopic (exact) mass is 262 g/mol. The quantitative estimate of drug-likeness (QED) is 0.832. The average molecular weight is 263 g/mol. The smallest absolute Gasteiger partial charge is 0.137 e. The van der Waals surface area contributed by atoms with Gasteiger partial charge in [0.05, 0.1) is 4.47 Å². The first-order valence-electron chi connectivity index (χ1n) is 4.00. The van der Waals surface area contributed by atoms with Gasteiger partial charge in [0.25, 0.3) is 0 Å². The number of benzene rings is 1. The van der Waals surface area contributed by atoms with Crippen molar-refractivity contribution in [1.29, 1.82) is 0 Å². The molecule has 1 aromatic carbocycles. The molecule has 0 fully saturated rings. The Labute approximate surface area is 90.9 Å². The minimum atomic E-state index is -0.332. The van der Waals surface area contributed by atoms with Crippen molar-refractivity contribution in [2.75, 3.05) is 7.11 Å². The van der Waals surface area contributed by atoms with Gasteiger partial charge in [0, 0.05) is 13.0 Å². The van der Waals surface area contributed by atoms with Crippen molar-refractivity contribution in [3.05, 3.63) is 34.1 Å². The summed E-state index contributed by atoms with van der Waals surface area (Å²) in [7, 11) is 1.00. The number of halogens is 2. The van der Waals surface area contributed by atoms with Crippen LogP contribution in [-0.4, -0.2) is 18.5 Å². The number of carbonyl (C=O) groups is 1. The molecule has 0 bridgehead atoms. The normalized spacial score (nSPS) is 11.2. The van der Waals surface area contributed by atoms with Gasteiger partial charge >= 0.3 is 0 Å². The molecule has 0 heterocycles. The van der Waals surface area contributed by atoms with Gasteiger partial charge in [-0.15, -0.1) is 0 Å². The van der Waals surface area contributed by atoms with Crippen LogP contribution in [0, 0.1) is 5.82 Å². The first kappa shape index (κ1) is 13.3. The summed E-state index contributed by atoms with van der Waals surface area (Å²) in [5.74, 6) is -0.575. The molecule has 1 rings (SSSR count). The van der Waals surface area contributed by atoms with Gasteiger partial charge < -0.3 is 9.90 Å². The van der Waals surface area contributed by atoms with E-state index in [9.17, 15) is 9.18 Å². The van der Waals surface area contributed by atoms with Crippen molar-refractivity contribution in [2.45, 2.75) is 12.8 Å². The van der Waals surface area contributed by atoms with Crippen molar-refractivity contribution in [1.82, 2.24) is 0 Å². The van der Waals surface area contributed by atoms with Crippen LogP contribution in [0.3, 0.4) is 0 Å². The van der Waals surface area contributed by atoms with Gasteiger partial charge in [-0.25, -0.2) is 4.39 Å². The van der Waals surface area contributed by atoms with Crippen LogP contribution in [0.25, 0.3) is 0 Å². The maximum Gasteiger partial charge on any atom is 0.137 e. The van der Waals surface area contributed by atoms with Crippen molar-refractivity contribution < 1.29 is 14.3 Å². The van der Waals surface area contributed by atoms with E-state index in [0.29, 0.717) is 10.0 Å². The standard InChI is InChI=1S/C9H8BrFO.CH4O/c1-6(5-12)7-2-3-8(10)9(11)4-7;1-2/h2-6H,1H3;2H,1H3. The molecule has 0 saturated carbocycles. The number of aliphatic hydroxyl groups is 1. The Morgan fingerprint density at radius 2 is 2.07 bits per heavy atom. The lowest BCUT2D eigenvalue weighted by atomic mass is 10.0. The second kappa shape index (κ2) is 6.68. The second-order valence-corrected chi connectivity index (χ2v) is 3.45. The van der Waals surface area contributed by atoms with Crippen LogP contribution in [0.4, 0.5) is 4.39 Å². The van der Waals surface area contributed by atoms with Gasteiger partial charge in [0.2, 0.25) is 0 Å². The molecule has 14 heavy (non-hydrogen) atoms. The summed E-state index contributed by atoms with van der Waals surface area (Å²) in [6.45, 7) is 1.73. The average Bonchev–Trinajstić information content (AvgIpc) is 2.24. The predicted octanol–water partition coefficient (Wildman–Crippen LogP) is 2.50. The summed E-state index contributed by atoms with van der Waals surface area (Å²) < 4.78 is 13.3. The molecule has 0 aromatic heterocycles. The number of rotatable bonds is 2. The van der Waals surface area contributed by atoms with Crippen LogP contribution in [-0.2, 0) is 4.79 Å². The Morgan fingerprint density at radius 3 is 2.50 bits per heavy atom. The third-order valence-electron chi connectivity index (χ3n) is 1.67. The van der Waals surface area contributed by atoms with Crippen LogP contribution in [0.2, 0.25) is 0 Å². The highest BCUT2D eigenvalue weighted by molar-refractivity contribution is 9.10. The molecule has 1 unspecified atom stereocenters. The number of hydrogen-bond acceptors (Lipinski definition) is 2. The molecule has 0 aliphatic heterocycles. The zero-order valence-corrected chi connectivity index (χ0v) is 9.58. The highest BCUT2D eigenvalue weighted by Gasteiger charge is 2.06. The largest absolute Gasteiger partial charge is 0.400 e. The molecule has 4 heteroatoms. The molecule has 0 spiro atoms. The second-order valence-electron chi connectivity index (χ2n) is 2.60. The van der Waals surface area contributed by atoms with Gasteiger partial charge in [-0.3, -0.25) is 0 Å². The van der Waals surface area contributed by atoms with Crippen molar-refractivity contribution >= 4 is 22.2 Å². The van der Waals surface area contributed by atoms with Crippen LogP contribution >= 0.6 is 15.9 Å². The molecule has 78 valence electrons. The summed E-state index contributed by atoms with van der Waals surface area (Å²) in [4.78, 5) is 10.4. The van der Waals surface area contributed by atoms with Crippen LogP contribution in [0.1, 0.15) is 18.4 Å². The van der Waals surface area contributed by atoms with Gasteiger partial charge in [0.15, 0.2) is 0 Å². The summed E-state index contributed by atoms with van der Waals surface area (Å²) in [6, 6.07) is 4.69. The molecule has 0 amide bonds. The van der Waals surface area contributed by atoms with E-state index < -0.39 is 0 Å². The van der Waals surface area contributed by atoms with Crippen LogP contribution in [0.5, 0.6) is 0 Å². The first-order valence-corrected chi connectivity index (χ1v) is 4.79. The number of hydrogen-bond donors (Lipinski definition) is 1. The fourth-order valence-corrected chi connectivity index (χ4v) is 1.12. The fourth-order valence-electron chi connectivity index (χ4n) is 0.874. The number of aliphatic hydroxyl groups excluding tert-OH is 1. The van der Waals surface area contributed by atoms with E-state index in [1.807, 2.05) is 0 Å². The topological polar surface area (TPSA) is 37.3 Å². The molecule has 1 atom stereocenters. The summed E-state index contributed by atoms with van der Waals surface area (Å²) in [6.07, 6.45) is 0.794. The van der Waals surface area contributed by atoms with Gasteiger partial charge in [0.1, 0.15) is 12.1 Å². The maximum atomic E-state index is 12.9. The lowest BCUT2D eigenvalue weighted by Gasteiger charge is -2.03. The molecule has 0 aliphatic rings. The van der Waals surface area contributed by atoms with E-state index in [1.54, 1.807) is 19.1 Å². The summed E-state index contributed by atoms with van der Waals surface area (Å²) in [5.41, 5.74) is 0.700. The minimum Gasteiger partial charge on any atom is -0.400 e. The summed E-state index contributed by atoms with van der Waals surface area (Å²) >= 11 is 3.04. The molecule has 0 saturated heterocycles. The lowest BCUT2D eigenvalue weighted by Crippen LogP contribution is -1.94. The van der Waals surface area contributed by atoms with Gasteiger partial charge in [-0.05, 0) is 33.6 Å². The van der Waals surface area contributed by atoms with Gasteiger partial charge in [-0.1, -0.05) is 13.0 Å². The van der Waals surface area contributed by atoms with E-state index in [2.05, 4.69) is 15.9 Å². The minimum absolute atomic E-state index is 0.243. The maximum absolute atomic E-state index is 12.9. The zero-order chi connectivity index (χ0) is 11.1. The SMILES string of the molecule is CC(C=O)c1ccc(Br)c(F)c1.CO. The Kier molecular flexibility index (Phi) is 6.32. The predicted molar refractivity (Wildman–Crippen MR) is 56.7 cm³/mol. The molecular weight excluding hydrogens is 251 g/mol.